The van der Waals surface area contributed by atoms with Gasteiger partial charge in [-0.25, -0.2) is 0 Å². The van der Waals surface area contributed by atoms with Gasteiger partial charge in [0.1, 0.15) is 0 Å². The Morgan fingerprint density at radius 2 is 1.88 bits per heavy atom. The van der Waals surface area contributed by atoms with Crippen molar-refractivity contribution in [2.75, 3.05) is 5.32 Å². The molecule has 0 amide bonds. The van der Waals surface area contributed by atoms with Crippen molar-refractivity contribution in [2.24, 2.45) is 5.41 Å². The van der Waals surface area contributed by atoms with Crippen LogP contribution in [-0.4, -0.2) is 5.72 Å². The molecule has 1 aromatic carbocycles. The molecule has 2 heteroatoms. The molecule has 1 aromatic rings. The second kappa shape index (κ2) is 4.10. The number of aryl methyl sites for hydroxylation is 1. The summed E-state index contributed by atoms with van der Waals surface area (Å²) < 4.78 is 5.77. The molecular formula is C15H21NO. The molecule has 0 fully saturated rings. The van der Waals surface area contributed by atoms with Gasteiger partial charge in [0.25, 0.3) is 0 Å². The van der Waals surface area contributed by atoms with E-state index in [0.717, 1.165) is 12.1 Å². The zero-order chi connectivity index (χ0) is 12.5. The topological polar surface area (TPSA) is 21.3 Å². The summed E-state index contributed by atoms with van der Waals surface area (Å²) in [6.45, 7) is 8.66. The zero-order valence-corrected chi connectivity index (χ0v) is 11.1. The SMILES string of the molecule is Cc1ccccc1NC1(C)CC(C)(C)C=CO1. The number of allylic oxidation sites excluding steroid dienone is 1. The highest BCUT2D eigenvalue weighted by Gasteiger charge is 2.35. The number of nitrogens with one attached hydrogen (secondary N) is 1. The Labute approximate surface area is 104 Å². The summed E-state index contributed by atoms with van der Waals surface area (Å²) in [5.41, 5.74) is 2.22. The molecule has 92 valence electrons. The molecule has 2 nitrogen and oxygen atoms in total. The lowest BCUT2D eigenvalue weighted by Gasteiger charge is -2.40. The third-order valence-corrected chi connectivity index (χ3v) is 3.18. The smallest absolute Gasteiger partial charge is 0.177 e. The van der Waals surface area contributed by atoms with E-state index in [-0.39, 0.29) is 11.1 Å². The maximum atomic E-state index is 5.77. The van der Waals surface area contributed by atoms with Crippen LogP contribution in [0.3, 0.4) is 0 Å². The van der Waals surface area contributed by atoms with Crippen LogP contribution >= 0.6 is 0 Å². The monoisotopic (exact) mass is 231 g/mol. The van der Waals surface area contributed by atoms with Gasteiger partial charge in [-0.3, -0.25) is 0 Å². The number of rotatable bonds is 2. The maximum Gasteiger partial charge on any atom is 0.177 e. The average Bonchev–Trinajstić information content (AvgIpc) is 2.19. The van der Waals surface area contributed by atoms with Crippen LogP contribution in [0.2, 0.25) is 0 Å². The molecule has 1 aliphatic rings. The van der Waals surface area contributed by atoms with Gasteiger partial charge in [-0.05, 0) is 37.0 Å². The van der Waals surface area contributed by atoms with E-state index in [1.165, 1.54) is 5.56 Å². The fraction of sp³-hybridized carbons (Fsp3) is 0.467. The fourth-order valence-electron chi connectivity index (χ4n) is 2.41. The van der Waals surface area contributed by atoms with E-state index in [9.17, 15) is 0 Å². The Balaban J connectivity index is 2.19. The van der Waals surface area contributed by atoms with Crippen LogP contribution in [0.4, 0.5) is 5.69 Å². The Bertz CT molecular complexity index is 436. The minimum atomic E-state index is -0.329. The molecule has 1 heterocycles. The van der Waals surface area contributed by atoms with Crippen LogP contribution in [0.25, 0.3) is 0 Å². The third kappa shape index (κ3) is 2.82. The molecule has 1 N–H and O–H groups in total. The Kier molecular flexibility index (Phi) is 2.90. The second-order valence-corrected chi connectivity index (χ2v) is 5.76. The predicted molar refractivity (Wildman–Crippen MR) is 71.8 cm³/mol. The first-order valence-corrected chi connectivity index (χ1v) is 6.10. The number of hydrogen-bond acceptors (Lipinski definition) is 2. The Morgan fingerprint density at radius 1 is 1.18 bits per heavy atom. The maximum absolute atomic E-state index is 5.77. The van der Waals surface area contributed by atoms with Gasteiger partial charge in [0.05, 0.1) is 6.26 Å². The van der Waals surface area contributed by atoms with E-state index < -0.39 is 0 Å². The molecule has 0 spiro atoms. The van der Waals surface area contributed by atoms with Crippen LogP contribution in [0.1, 0.15) is 32.8 Å². The van der Waals surface area contributed by atoms with Gasteiger partial charge >= 0.3 is 0 Å². The second-order valence-electron chi connectivity index (χ2n) is 5.76. The lowest BCUT2D eigenvalue weighted by Crippen LogP contribution is -2.42. The number of anilines is 1. The van der Waals surface area contributed by atoms with E-state index in [2.05, 4.69) is 57.3 Å². The molecule has 1 unspecified atom stereocenters. The zero-order valence-electron chi connectivity index (χ0n) is 11.1. The number of ether oxygens (including phenoxy) is 1. The molecule has 17 heavy (non-hydrogen) atoms. The predicted octanol–water partition coefficient (Wildman–Crippen LogP) is 4.08. The van der Waals surface area contributed by atoms with E-state index in [1.807, 2.05) is 12.3 Å². The minimum absolute atomic E-state index is 0.169. The summed E-state index contributed by atoms with van der Waals surface area (Å²) in [5.74, 6) is 0. The molecule has 2 rings (SSSR count). The molecule has 0 bridgehead atoms. The van der Waals surface area contributed by atoms with Gasteiger partial charge in [-0.2, -0.15) is 0 Å². The van der Waals surface area contributed by atoms with Crippen LogP contribution in [0, 0.1) is 12.3 Å². The quantitative estimate of drug-likeness (QED) is 0.828. The highest BCUT2D eigenvalue weighted by atomic mass is 16.5. The lowest BCUT2D eigenvalue weighted by atomic mass is 9.83. The highest BCUT2D eigenvalue weighted by molar-refractivity contribution is 5.51. The largest absolute Gasteiger partial charge is 0.476 e. The molecule has 0 saturated heterocycles. The summed E-state index contributed by atoms with van der Waals surface area (Å²) in [5, 5.41) is 3.51. The van der Waals surface area contributed by atoms with Gasteiger partial charge in [0.2, 0.25) is 0 Å². The van der Waals surface area contributed by atoms with Gasteiger partial charge in [-0.15, -0.1) is 0 Å². The summed E-state index contributed by atoms with van der Waals surface area (Å²) in [7, 11) is 0. The average molecular weight is 231 g/mol. The standard InChI is InChI=1S/C15H21NO/c1-12-7-5-6-8-13(12)16-15(4)11-14(2,3)9-10-17-15/h5-10,16H,11H2,1-4H3. The molecule has 1 aliphatic heterocycles. The van der Waals surface area contributed by atoms with Crippen LogP contribution in [0.5, 0.6) is 0 Å². The van der Waals surface area contributed by atoms with Crippen molar-refractivity contribution in [3.8, 4) is 0 Å². The first kappa shape index (κ1) is 12.0. The van der Waals surface area contributed by atoms with Crippen LogP contribution < -0.4 is 5.32 Å². The molecular weight excluding hydrogens is 210 g/mol. The van der Waals surface area contributed by atoms with Crippen molar-refractivity contribution < 1.29 is 4.74 Å². The first-order valence-electron chi connectivity index (χ1n) is 6.10. The number of benzene rings is 1. The van der Waals surface area contributed by atoms with Gasteiger partial charge in [-0.1, -0.05) is 32.0 Å². The summed E-state index contributed by atoms with van der Waals surface area (Å²) in [6.07, 6.45) is 4.88. The fourth-order valence-corrected chi connectivity index (χ4v) is 2.41. The van der Waals surface area contributed by atoms with Gasteiger partial charge in [0, 0.05) is 12.1 Å². The van der Waals surface area contributed by atoms with E-state index in [0.29, 0.717) is 0 Å². The van der Waals surface area contributed by atoms with Crippen LogP contribution in [0.15, 0.2) is 36.6 Å². The minimum Gasteiger partial charge on any atom is -0.476 e. The van der Waals surface area contributed by atoms with E-state index in [4.69, 9.17) is 4.74 Å². The van der Waals surface area contributed by atoms with Crippen LogP contribution in [-0.2, 0) is 4.74 Å². The summed E-state index contributed by atoms with van der Waals surface area (Å²) >= 11 is 0. The molecule has 0 saturated carbocycles. The van der Waals surface area contributed by atoms with Crippen molar-refractivity contribution in [1.29, 1.82) is 0 Å². The number of para-hydroxylation sites is 1. The molecule has 0 radical (unpaired) electrons. The van der Waals surface area contributed by atoms with E-state index >= 15 is 0 Å². The van der Waals surface area contributed by atoms with Crippen molar-refractivity contribution in [2.45, 2.75) is 39.8 Å². The lowest BCUT2D eigenvalue weighted by molar-refractivity contribution is 0.0150. The number of hydrogen-bond donors (Lipinski definition) is 1. The molecule has 1 atom stereocenters. The first-order chi connectivity index (χ1) is 7.90. The third-order valence-electron chi connectivity index (χ3n) is 3.18. The highest BCUT2D eigenvalue weighted by Crippen LogP contribution is 2.36. The summed E-state index contributed by atoms with van der Waals surface area (Å²) in [4.78, 5) is 0. The van der Waals surface area contributed by atoms with Crippen molar-refractivity contribution in [3.63, 3.8) is 0 Å². The van der Waals surface area contributed by atoms with Gasteiger partial charge < -0.3 is 10.1 Å². The van der Waals surface area contributed by atoms with Crippen molar-refractivity contribution in [1.82, 2.24) is 0 Å². The normalized spacial score (nSPS) is 26.4. The van der Waals surface area contributed by atoms with Gasteiger partial charge in [0.15, 0.2) is 5.72 Å². The van der Waals surface area contributed by atoms with E-state index in [1.54, 1.807) is 0 Å². The molecule has 0 aliphatic carbocycles. The Hall–Kier alpha value is -1.44. The molecule has 0 aromatic heterocycles. The van der Waals surface area contributed by atoms with Crippen molar-refractivity contribution >= 4 is 5.69 Å². The summed E-state index contributed by atoms with van der Waals surface area (Å²) in [6, 6.07) is 8.29. The Morgan fingerprint density at radius 3 is 2.53 bits per heavy atom. The van der Waals surface area contributed by atoms with Crippen molar-refractivity contribution in [3.05, 3.63) is 42.2 Å².